The molecule has 1 heterocycles. The molecule has 3 heteroatoms. The Hall–Kier alpha value is -2.68. The summed E-state index contributed by atoms with van der Waals surface area (Å²) in [4.78, 5) is 4.90. The molecule has 2 nitrogen and oxygen atoms in total. The molecule has 0 spiro atoms. The van der Waals surface area contributed by atoms with E-state index in [9.17, 15) is 4.39 Å². The molecule has 4 rings (SSSR count). The molecule has 2 aromatic carbocycles. The van der Waals surface area contributed by atoms with Gasteiger partial charge in [0.25, 0.3) is 0 Å². The van der Waals surface area contributed by atoms with Crippen molar-refractivity contribution in [2.24, 2.45) is 0 Å². The van der Waals surface area contributed by atoms with E-state index < -0.39 is 0 Å². The lowest BCUT2D eigenvalue weighted by Gasteiger charge is -2.16. The van der Waals surface area contributed by atoms with Gasteiger partial charge in [0.15, 0.2) is 0 Å². The van der Waals surface area contributed by atoms with Crippen molar-refractivity contribution in [1.82, 2.24) is 4.98 Å². The van der Waals surface area contributed by atoms with Crippen LogP contribution in [0.1, 0.15) is 30.0 Å². The lowest BCUT2D eigenvalue weighted by atomic mass is 9.91. The second-order valence-corrected chi connectivity index (χ2v) is 6.24. The fraction of sp³-hybridized carbons (Fsp3) is 0.190. The minimum atomic E-state index is -0.240. The number of hydrogen-bond acceptors (Lipinski definition) is 2. The predicted molar refractivity (Wildman–Crippen MR) is 94.6 cm³/mol. The van der Waals surface area contributed by atoms with Gasteiger partial charge in [-0.05, 0) is 60.2 Å². The highest BCUT2D eigenvalue weighted by Gasteiger charge is 2.29. The second-order valence-electron chi connectivity index (χ2n) is 6.24. The van der Waals surface area contributed by atoms with Gasteiger partial charge in [0.2, 0.25) is 0 Å². The summed E-state index contributed by atoms with van der Waals surface area (Å²) in [5.41, 5.74) is 5.30. The van der Waals surface area contributed by atoms with Crippen molar-refractivity contribution in [3.05, 3.63) is 77.9 Å². The fourth-order valence-electron chi connectivity index (χ4n) is 3.29. The zero-order valence-corrected chi connectivity index (χ0v) is 13.2. The first-order valence-corrected chi connectivity index (χ1v) is 8.24. The Morgan fingerprint density at radius 3 is 2.54 bits per heavy atom. The number of allylic oxidation sites excluding steroid dienone is 1. The normalized spacial score (nSPS) is 14.5. The number of nitrogens with zero attached hydrogens (tertiary/aromatic N) is 1. The number of halogens is 1. The molecule has 24 heavy (non-hydrogen) atoms. The zero-order chi connectivity index (χ0) is 16.5. The van der Waals surface area contributed by atoms with Gasteiger partial charge in [-0.3, -0.25) is 4.98 Å². The Morgan fingerprint density at radius 1 is 1.08 bits per heavy atom. The number of aliphatic hydroxyl groups excluding tert-OH is 1. The largest absolute Gasteiger partial charge is 0.516 e. The number of aliphatic hydroxyl groups is 1. The molecule has 1 aliphatic rings. The van der Waals surface area contributed by atoms with Gasteiger partial charge in [-0.1, -0.05) is 30.3 Å². The third kappa shape index (κ3) is 2.67. The predicted octanol–water partition coefficient (Wildman–Crippen LogP) is 5.53. The number of fused-ring (bicyclic) bond motifs is 1. The summed E-state index contributed by atoms with van der Waals surface area (Å²) in [5, 5.41) is 10.2. The van der Waals surface area contributed by atoms with Crippen molar-refractivity contribution in [2.75, 3.05) is 0 Å². The molecular weight excluding hydrogens is 301 g/mol. The smallest absolute Gasteiger partial charge is 0.123 e. The van der Waals surface area contributed by atoms with E-state index in [4.69, 9.17) is 10.1 Å². The quantitative estimate of drug-likeness (QED) is 0.641. The molecule has 0 amide bonds. The molecular formula is C21H18FNO. The van der Waals surface area contributed by atoms with Crippen molar-refractivity contribution in [1.29, 1.82) is 0 Å². The maximum atomic E-state index is 13.4. The highest BCUT2D eigenvalue weighted by atomic mass is 19.1. The maximum absolute atomic E-state index is 13.4. The Kier molecular flexibility index (Phi) is 3.77. The van der Waals surface area contributed by atoms with Crippen molar-refractivity contribution in [3.8, 4) is 11.1 Å². The lowest BCUT2D eigenvalue weighted by Crippen LogP contribution is -2.01. The van der Waals surface area contributed by atoms with E-state index in [1.54, 1.807) is 6.08 Å². The molecule has 0 saturated heterocycles. The SMILES string of the molecule is OC=CCc1c(C2CC2)nc2ccccc2c1-c1ccc(F)cc1. The van der Waals surface area contributed by atoms with Gasteiger partial charge in [0.1, 0.15) is 5.82 Å². The molecule has 1 aliphatic carbocycles. The minimum absolute atomic E-state index is 0.240. The fourth-order valence-corrected chi connectivity index (χ4v) is 3.29. The molecule has 3 aromatic rings. The Balaban J connectivity index is 2.04. The summed E-state index contributed by atoms with van der Waals surface area (Å²) in [6, 6.07) is 14.7. The van der Waals surface area contributed by atoms with Crippen LogP contribution >= 0.6 is 0 Å². The number of rotatable bonds is 4. The van der Waals surface area contributed by atoms with Crippen LogP contribution < -0.4 is 0 Å². The van der Waals surface area contributed by atoms with Crippen LogP contribution in [0.5, 0.6) is 0 Å². The average Bonchev–Trinajstić information content (AvgIpc) is 3.44. The summed E-state index contributed by atoms with van der Waals surface area (Å²) in [6.07, 6.45) is 5.76. The van der Waals surface area contributed by atoms with E-state index in [1.165, 1.54) is 12.1 Å². The van der Waals surface area contributed by atoms with Crippen LogP contribution in [-0.4, -0.2) is 10.1 Å². The first-order chi connectivity index (χ1) is 11.8. The molecule has 120 valence electrons. The summed E-state index contributed by atoms with van der Waals surface area (Å²) < 4.78 is 13.4. The average molecular weight is 319 g/mol. The number of benzene rings is 2. The van der Waals surface area contributed by atoms with Gasteiger partial charge in [-0.15, -0.1) is 0 Å². The van der Waals surface area contributed by atoms with E-state index in [0.29, 0.717) is 12.3 Å². The first kappa shape index (κ1) is 14.9. The Morgan fingerprint density at radius 2 is 1.83 bits per heavy atom. The van der Waals surface area contributed by atoms with Crippen molar-refractivity contribution < 1.29 is 9.50 Å². The van der Waals surface area contributed by atoms with Gasteiger partial charge in [-0.2, -0.15) is 0 Å². The van der Waals surface area contributed by atoms with E-state index in [1.807, 2.05) is 30.3 Å². The summed E-state index contributed by atoms with van der Waals surface area (Å²) in [6.45, 7) is 0. The standard InChI is InChI=1S/C21H18FNO/c22-16-11-9-14(10-12-16)20-17-4-1-2-6-19(17)23-21(15-7-8-15)18(20)5-3-13-24/h1-4,6,9-13,15,24H,5,7-8H2. The summed E-state index contributed by atoms with van der Waals surface area (Å²) in [5.74, 6) is 0.257. The second kappa shape index (κ2) is 6.08. The molecule has 0 aliphatic heterocycles. The monoisotopic (exact) mass is 319 g/mol. The Bertz CT molecular complexity index is 911. The van der Waals surface area contributed by atoms with E-state index >= 15 is 0 Å². The van der Waals surface area contributed by atoms with Gasteiger partial charge >= 0.3 is 0 Å². The summed E-state index contributed by atoms with van der Waals surface area (Å²) >= 11 is 0. The summed E-state index contributed by atoms with van der Waals surface area (Å²) in [7, 11) is 0. The van der Waals surface area contributed by atoms with E-state index in [0.717, 1.165) is 52.4 Å². The van der Waals surface area contributed by atoms with E-state index in [2.05, 4.69) is 6.07 Å². The number of para-hydroxylation sites is 1. The van der Waals surface area contributed by atoms with Gasteiger partial charge in [-0.25, -0.2) is 4.39 Å². The van der Waals surface area contributed by atoms with E-state index in [-0.39, 0.29) is 5.82 Å². The third-order valence-corrected chi connectivity index (χ3v) is 4.55. The van der Waals surface area contributed by atoms with Crippen LogP contribution in [0.25, 0.3) is 22.0 Å². The first-order valence-electron chi connectivity index (χ1n) is 8.24. The Labute approximate surface area is 140 Å². The molecule has 0 atom stereocenters. The van der Waals surface area contributed by atoms with Crippen molar-refractivity contribution >= 4 is 10.9 Å². The molecule has 1 saturated carbocycles. The third-order valence-electron chi connectivity index (χ3n) is 4.55. The highest BCUT2D eigenvalue weighted by Crippen LogP contribution is 2.45. The minimum Gasteiger partial charge on any atom is -0.516 e. The van der Waals surface area contributed by atoms with Crippen molar-refractivity contribution in [3.63, 3.8) is 0 Å². The maximum Gasteiger partial charge on any atom is 0.123 e. The highest BCUT2D eigenvalue weighted by molar-refractivity contribution is 5.96. The van der Waals surface area contributed by atoms with Crippen LogP contribution in [0.4, 0.5) is 4.39 Å². The van der Waals surface area contributed by atoms with Crippen LogP contribution in [0.15, 0.2) is 60.9 Å². The molecule has 1 N–H and O–H groups in total. The molecule has 1 fully saturated rings. The van der Waals surface area contributed by atoms with Gasteiger partial charge < -0.3 is 5.11 Å². The molecule has 0 unspecified atom stereocenters. The topological polar surface area (TPSA) is 33.1 Å². The lowest BCUT2D eigenvalue weighted by molar-refractivity contribution is 0.471. The van der Waals surface area contributed by atoms with Crippen molar-refractivity contribution in [2.45, 2.75) is 25.2 Å². The van der Waals surface area contributed by atoms with Crippen LogP contribution in [0.2, 0.25) is 0 Å². The van der Waals surface area contributed by atoms with Gasteiger partial charge in [0, 0.05) is 17.0 Å². The molecule has 1 aromatic heterocycles. The zero-order valence-electron chi connectivity index (χ0n) is 13.2. The van der Waals surface area contributed by atoms with Crippen LogP contribution in [0.3, 0.4) is 0 Å². The molecule has 0 bridgehead atoms. The van der Waals surface area contributed by atoms with Gasteiger partial charge in [0.05, 0.1) is 11.8 Å². The number of hydrogen-bond donors (Lipinski definition) is 1. The van der Waals surface area contributed by atoms with Crippen LogP contribution in [0, 0.1) is 5.82 Å². The van der Waals surface area contributed by atoms with Crippen LogP contribution in [-0.2, 0) is 6.42 Å². The number of aromatic nitrogens is 1. The number of pyridine rings is 1. The molecule has 0 radical (unpaired) electrons.